The van der Waals surface area contributed by atoms with Gasteiger partial charge in [0.15, 0.2) is 0 Å². The minimum atomic E-state index is -0.785. The Balaban J connectivity index is 1.08. The van der Waals surface area contributed by atoms with E-state index < -0.39 is 5.97 Å². The smallest absolute Gasteiger partial charge is 0.309 e. The van der Waals surface area contributed by atoms with Gasteiger partial charge in [-0.25, -0.2) is 4.98 Å². The summed E-state index contributed by atoms with van der Waals surface area (Å²) in [6.07, 6.45) is 2.64. The number of carbonyl (C=O) groups is 2. The molecule has 272 valence electrons. The molecular formula is C39H41Cl2N5O6. The second-order valence-electron chi connectivity index (χ2n) is 13.5. The molecule has 52 heavy (non-hydrogen) atoms. The standard InChI is InChI=1S/C39H41Cl2N5O6/c1-21-30(39(48)49)20-46(21)19-23-16-31(40)38(45-37(23)51-3)52-33-14-12-26-25(6-4-7-27(26)33)28-8-5-9-29(35(28)41)32-13-10-22(36(44-32)50-2)17-42-18-24-11-15-34(47)43-24/h4-10,13,16,21,24,30,33,42H,11-12,14-15,17-20H2,1-3H3,(H,43,47)(H,48,49)/t21?,24?,30?,33-/m0/s1. The number of methoxy groups -OCH3 is 2. The molecule has 2 saturated heterocycles. The van der Waals surface area contributed by atoms with Crippen LogP contribution in [0, 0.1) is 5.92 Å². The summed E-state index contributed by atoms with van der Waals surface area (Å²) >= 11 is 13.9. The van der Waals surface area contributed by atoms with E-state index in [0.29, 0.717) is 60.1 Å². The highest BCUT2D eigenvalue weighted by Crippen LogP contribution is 2.45. The zero-order valence-corrected chi connectivity index (χ0v) is 30.8. The maximum Gasteiger partial charge on any atom is 0.309 e. The highest BCUT2D eigenvalue weighted by Gasteiger charge is 2.41. The number of fused-ring (bicyclic) bond motifs is 1. The van der Waals surface area contributed by atoms with Crippen molar-refractivity contribution in [3.8, 4) is 40.0 Å². The second-order valence-corrected chi connectivity index (χ2v) is 14.3. The van der Waals surface area contributed by atoms with Crippen LogP contribution in [0.4, 0.5) is 0 Å². The van der Waals surface area contributed by atoms with Crippen LogP contribution in [0.5, 0.6) is 17.6 Å². The normalized spacial score (nSPS) is 21.0. The van der Waals surface area contributed by atoms with Gasteiger partial charge in [-0.15, -0.1) is 0 Å². The Morgan fingerprint density at radius 1 is 0.962 bits per heavy atom. The third kappa shape index (κ3) is 7.15. The number of pyridine rings is 2. The van der Waals surface area contributed by atoms with Gasteiger partial charge in [0.1, 0.15) is 11.1 Å². The highest BCUT2D eigenvalue weighted by molar-refractivity contribution is 6.36. The predicted molar refractivity (Wildman–Crippen MR) is 198 cm³/mol. The first kappa shape index (κ1) is 36.0. The summed E-state index contributed by atoms with van der Waals surface area (Å²) < 4.78 is 17.7. The van der Waals surface area contributed by atoms with Crippen LogP contribution in [-0.4, -0.2) is 71.2 Å². The van der Waals surface area contributed by atoms with Crippen LogP contribution in [0.2, 0.25) is 10.0 Å². The van der Waals surface area contributed by atoms with Gasteiger partial charge >= 0.3 is 5.97 Å². The Morgan fingerprint density at radius 3 is 2.44 bits per heavy atom. The summed E-state index contributed by atoms with van der Waals surface area (Å²) in [7, 11) is 3.16. The van der Waals surface area contributed by atoms with Crippen LogP contribution < -0.4 is 24.8 Å². The summed E-state index contributed by atoms with van der Waals surface area (Å²) in [4.78, 5) is 34.5. The second kappa shape index (κ2) is 15.3. The monoisotopic (exact) mass is 745 g/mol. The average molecular weight is 747 g/mol. The van der Waals surface area contributed by atoms with Crippen molar-refractivity contribution >= 4 is 35.1 Å². The van der Waals surface area contributed by atoms with Crippen molar-refractivity contribution in [3.05, 3.63) is 86.9 Å². The molecular weight excluding hydrogens is 705 g/mol. The molecule has 1 aliphatic carbocycles. The first-order chi connectivity index (χ1) is 25.1. The largest absolute Gasteiger partial charge is 0.481 e. The van der Waals surface area contributed by atoms with Gasteiger partial charge in [-0.2, -0.15) is 4.98 Å². The summed E-state index contributed by atoms with van der Waals surface area (Å²) in [5.41, 5.74) is 7.30. The molecule has 0 radical (unpaired) electrons. The fourth-order valence-corrected chi connectivity index (χ4v) is 8.02. The maximum absolute atomic E-state index is 11.5. The van der Waals surface area contributed by atoms with E-state index in [4.69, 9.17) is 42.4 Å². The first-order valence-electron chi connectivity index (χ1n) is 17.5. The van der Waals surface area contributed by atoms with Gasteiger partial charge in [-0.05, 0) is 55.0 Å². The molecule has 4 atom stereocenters. The Hall–Kier alpha value is -4.42. The molecule has 2 aliphatic heterocycles. The molecule has 4 aromatic rings. The number of carboxylic acid groups (broad SMARTS) is 1. The lowest BCUT2D eigenvalue weighted by Crippen LogP contribution is -2.56. The molecule has 1 amide bonds. The van der Waals surface area contributed by atoms with Gasteiger partial charge < -0.3 is 30.0 Å². The zero-order valence-electron chi connectivity index (χ0n) is 29.2. The number of ether oxygens (including phenoxy) is 3. The van der Waals surface area contributed by atoms with E-state index in [1.807, 2.05) is 43.3 Å². The summed E-state index contributed by atoms with van der Waals surface area (Å²) in [6, 6.07) is 17.9. The third-order valence-electron chi connectivity index (χ3n) is 10.4. The van der Waals surface area contributed by atoms with Crippen molar-refractivity contribution in [1.29, 1.82) is 0 Å². The topological polar surface area (TPSA) is 135 Å². The van der Waals surface area contributed by atoms with E-state index in [2.05, 4.69) is 32.7 Å². The number of amides is 1. The van der Waals surface area contributed by atoms with Crippen molar-refractivity contribution in [2.24, 2.45) is 5.92 Å². The number of carboxylic acids is 1. The van der Waals surface area contributed by atoms with E-state index in [1.54, 1.807) is 20.3 Å². The Bertz CT molecular complexity index is 2010. The minimum Gasteiger partial charge on any atom is -0.481 e. The molecule has 2 aromatic heterocycles. The summed E-state index contributed by atoms with van der Waals surface area (Å²) in [5, 5.41) is 16.7. The van der Waals surface area contributed by atoms with Gasteiger partial charge in [0.05, 0.1) is 30.9 Å². The molecule has 2 aromatic carbocycles. The lowest BCUT2D eigenvalue weighted by Gasteiger charge is -2.44. The predicted octanol–water partition coefficient (Wildman–Crippen LogP) is 6.47. The molecule has 2 fully saturated rings. The number of likely N-dealkylation sites (tertiary alicyclic amines) is 1. The van der Waals surface area contributed by atoms with E-state index in [9.17, 15) is 14.7 Å². The highest BCUT2D eigenvalue weighted by atomic mass is 35.5. The molecule has 0 spiro atoms. The SMILES string of the molecule is COc1nc(-c2cccc(-c3cccc4c3CC[C@@H]4Oc3nc(OC)c(CN4CC(C(=O)O)C4C)cc3Cl)c2Cl)ccc1CNCC1CCC(=O)N1. The lowest BCUT2D eigenvalue weighted by atomic mass is 9.89. The lowest BCUT2D eigenvalue weighted by molar-refractivity contribution is -0.152. The number of carbonyl (C=O) groups excluding carboxylic acids is 1. The van der Waals surface area contributed by atoms with E-state index in [0.717, 1.165) is 58.2 Å². The molecule has 13 heteroatoms. The van der Waals surface area contributed by atoms with Crippen molar-refractivity contribution in [2.45, 2.75) is 63.9 Å². The maximum atomic E-state index is 11.5. The van der Waals surface area contributed by atoms with E-state index >= 15 is 0 Å². The fraction of sp³-hybridized carbons (Fsp3) is 0.385. The number of nitrogens with zero attached hydrogens (tertiary/aromatic N) is 3. The van der Waals surface area contributed by atoms with Crippen LogP contribution in [0.3, 0.4) is 0 Å². The Morgan fingerprint density at radius 2 is 1.71 bits per heavy atom. The number of aromatic nitrogens is 2. The summed E-state index contributed by atoms with van der Waals surface area (Å²) in [6.45, 7) is 4.08. The van der Waals surface area contributed by atoms with Gasteiger partial charge in [-0.3, -0.25) is 14.5 Å². The number of hydrogen-bond acceptors (Lipinski definition) is 9. The van der Waals surface area contributed by atoms with Gasteiger partial charge in [0.25, 0.3) is 0 Å². The number of aliphatic carboxylic acids is 1. The number of benzene rings is 2. The van der Waals surface area contributed by atoms with Crippen molar-refractivity contribution in [1.82, 2.24) is 25.5 Å². The number of nitrogens with one attached hydrogen (secondary N) is 2. The van der Waals surface area contributed by atoms with Crippen molar-refractivity contribution in [3.63, 3.8) is 0 Å². The Labute approximate surface area is 312 Å². The van der Waals surface area contributed by atoms with Crippen LogP contribution >= 0.6 is 23.2 Å². The van der Waals surface area contributed by atoms with Gasteiger partial charge in [-0.1, -0.05) is 65.7 Å². The third-order valence-corrected chi connectivity index (χ3v) is 11.1. The summed E-state index contributed by atoms with van der Waals surface area (Å²) in [5.74, 6) is 0.125. The molecule has 3 unspecified atom stereocenters. The van der Waals surface area contributed by atoms with E-state index in [-0.39, 0.29) is 35.9 Å². The zero-order chi connectivity index (χ0) is 36.5. The van der Waals surface area contributed by atoms with Crippen LogP contribution in [0.15, 0.2) is 54.6 Å². The first-order valence-corrected chi connectivity index (χ1v) is 18.2. The van der Waals surface area contributed by atoms with Crippen LogP contribution in [-0.2, 0) is 29.1 Å². The average Bonchev–Trinajstić information content (AvgIpc) is 3.76. The Kier molecular flexibility index (Phi) is 10.6. The molecule has 0 bridgehead atoms. The number of rotatable bonds is 13. The van der Waals surface area contributed by atoms with Crippen LogP contribution in [0.25, 0.3) is 22.4 Å². The number of halogens is 2. The van der Waals surface area contributed by atoms with Gasteiger partial charge in [0, 0.05) is 66.9 Å². The fourth-order valence-electron chi connectivity index (χ4n) is 7.47. The van der Waals surface area contributed by atoms with Crippen LogP contribution in [0.1, 0.15) is 54.5 Å². The molecule has 3 aliphatic rings. The minimum absolute atomic E-state index is 0.0954. The molecule has 4 heterocycles. The van der Waals surface area contributed by atoms with Crippen molar-refractivity contribution < 1.29 is 28.9 Å². The molecule has 0 saturated carbocycles. The van der Waals surface area contributed by atoms with Crippen molar-refractivity contribution in [2.75, 3.05) is 27.3 Å². The van der Waals surface area contributed by atoms with E-state index in [1.165, 1.54) is 0 Å². The number of hydrogen-bond donors (Lipinski definition) is 3. The molecule has 3 N–H and O–H groups in total. The van der Waals surface area contributed by atoms with Gasteiger partial charge in [0.2, 0.25) is 23.5 Å². The quantitative estimate of drug-likeness (QED) is 0.140. The molecule has 7 rings (SSSR count). The molecule has 11 nitrogen and oxygen atoms in total.